The average Bonchev–Trinajstić information content (AvgIpc) is 2.51. The van der Waals surface area contributed by atoms with Crippen LogP contribution in [0.4, 0.5) is 0 Å². The van der Waals surface area contributed by atoms with Gasteiger partial charge in [-0.2, -0.15) is 5.10 Å². The number of hydrogen-bond acceptors (Lipinski definition) is 4. The van der Waals surface area contributed by atoms with Crippen LogP contribution in [0.15, 0.2) is 11.5 Å². The van der Waals surface area contributed by atoms with E-state index >= 15 is 0 Å². The summed E-state index contributed by atoms with van der Waals surface area (Å²) in [6.45, 7) is 0. The maximum atomic E-state index is 10.3. The van der Waals surface area contributed by atoms with Gasteiger partial charge >= 0.3 is 5.97 Å². The standard InChI is InChI=1S/C5H6ClN3O2S/c6-3(4(10)11)1-12-5-7-2-8-9-5/h2-3H,1H2,(H,10,11)(H,7,8,9). The van der Waals surface area contributed by atoms with Gasteiger partial charge in [-0.3, -0.25) is 9.89 Å². The second kappa shape index (κ2) is 4.32. The number of carbonyl (C=O) groups is 1. The molecule has 12 heavy (non-hydrogen) atoms. The molecule has 0 saturated heterocycles. The van der Waals surface area contributed by atoms with E-state index in [9.17, 15) is 4.79 Å². The van der Waals surface area contributed by atoms with Crippen LogP contribution >= 0.6 is 23.4 Å². The number of carboxylic acid groups (broad SMARTS) is 1. The Morgan fingerprint density at radius 3 is 3.17 bits per heavy atom. The summed E-state index contributed by atoms with van der Waals surface area (Å²) in [5, 5.41) is 14.3. The lowest BCUT2D eigenvalue weighted by molar-refractivity contribution is -0.136. The van der Waals surface area contributed by atoms with Gasteiger partial charge in [0.1, 0.15) is 11.7 Å². The molecule has 0 aliphatic carbocycles. The smallest absolute Gasteiger partial charge is 0.322 e. The second-order valence-electron chi connectivity index (χ2n) is 1.91. The molecule has 0 aromatic carbocycles. The largest absolute Gasteiger partial charge is 0.480 e. The predicted octanol–water partition coefficient (Wildman–Crippen LogP) is 0.589. The van der Waals surface area contributed by atoms with Crippen LogP contribution in [0.25, 0.3) is 0 Å². The number of H-pyrrole nitrogens is 1. The van der Waals surface area contributed by atoms with E-state index in [0.717, 1.165) is 0 Å². The van der Waals surface area contributed by atoms with Gasteiger partial charge in [0.25, 0.3) is 0 Å². The number of hydrogen-bond donors (Lipinski definition) is 2. The van der Waals surface area contributed by atoms with E-state index in [2.05, 4.69) is 15.2 Å². The first-order chi connectivity index (χ1) is 5.70. The zero-order valence-electron chi connectivity index (χ0n) is 5.90. The molecule has 0 aliphatic heterocycles. The van der Waals surface area contributed by atoms with Gasteiger partial charge in [0.2, 0.25) is 0 Å². The van der Waals surface area contributed by atoms with Crippen LogP contribution in [0.1, 0.15) is 0 Å². The van der Waals surface area contributed by atoms with Crippen molar-refractivity contribution in [3.8, 4) is 0 Å². The van der Waals surface area contributed by atoms with Gasteiger partial charge in [-0.25, -0.2) is 4.98 Å². The Bertz CT molecular complexity index is 253. The molecule has 1 atom stereocenters. The van der Waals surface area contributed by atoms with Gasteiger partial charge in [-0.15, -0.1) is 11.6 Å². The monoisotopic (exact) mass is 207 g/mol. The van der Waals surface area contributed by atoms with Crippen molar-refractivity contribution < 1.29 is 9.90 Å². The molecular formula is C5H6ClN3O2S. The highest BCUT2D eigenvalue weighted by atomic mass is 35.5. The Balaban J connectivity index is 2.31. The molecule has 0 amide bonds. The lowest BCUT2D eigenvalue weighted by Gasteiger charge is -1.99. The molecule has 0 aliphatic rings. The van der Waals surface area contributed by atoms with Gasteiger partial charge in [0, 0.05) is 5.75 Å². The highest BCUT2D eigenvalue weighted by Gasteiger charge is 2.14. The minimum Gasteiger partial charge on any atom is -0.480 e. The van der Waals surface area contributed by atoms with E-state index < -0.39 is 11.3 Å². The van der Waals surface area contributed by atoms with Crippen molar-refractivity contribution in [2.24, 2.45) is 0 Å². The Hall–Kier alpha value is -0.750. The summed E-state index contributed by atoms with van der Waals surface area (Å²) in [4.78, 5) is 14.1. The highest BCUT2D eigenvalue weighted by molar-refractivity contribution is 7.99. The summed E-state index contributed by atoms with van der Waals surface area (Å²) in [7, 11) is 0. The summed E-state index contributed by atoms with van der Waals surface area (Å²) in [6, 6.07) is 0. The predicted molar refractivity (Wildman–Crippen MR) is 44.4 cm³/mol. The third kappa shape index (κ3) is 2.71. The van der Waals surface area contributed by atoms with Crippen molar-refractivity contribution in [3.05, 3.63) is 6.33 Å². The Kier molecular flexibility index (Phi) is 3.36. The lowest BCUT2D eigenvalue weighted by atomic mass is 10.5. The van der Waals surface area contributed by atoms with Crippen molar-refractivity contribution in [2.75, 3.05) is 5.75 Å². The van der Waals surface area contributed by atoms with Crippen molar-refractivity contribution in [1.82, 2.24) is 15.2 Å². The summed E-state index contributed by atoms with van der Waals surface area (Å²) < 4.78 is 0. The van der Waals surface area contributed by atoms with E-state index in [0.29, 0.717) is 5.16 Å². The molecule has 7 heteroatoms. The molecule has 66 valence electrons. The van der Waals surface area contributed by atoms with Gasteiger partial charge in [0.05, 0.1) is 0 Å². The van der Waals surface area contributed by atoms with Gasteiger partial charge in [0.15, 0.2) is 5.16 Å². The van der Waals surface area contributed by atoms with Crippen LogP contribution in [-0.2, 0) is 4.79 Å². The number of rotatable bonds is 4. The molecule has 1 aromatic heterocycles. The van der Waals surface area contributed by atoms with E-state index in [1.165, 1.54) is 18.1 Å². The number of aliphatic carboxylic acids is 1. The van der Waals surface area contributed by atoms with Crippen molar-refractivity contribution in [2.45, 2.75) is 10.5 Å². The van der Waals surface area contributed by atoms with Crippen LogP contribution in [-0.4, -0.2) is 37.4 Å². The lowest BCUT2D eigenvalue weighted by Crippen LogP contribution is -2.15. The SMILES string of the molecule is O=C(O)C(Cl)CSc1ncn[nH]1. The Labute approximate surface area is 77.5 Å². The summed E-state index contributed by atoms with van der Waals surface area (Å²) >= 11 is 6.67. The van der Waals surface area contributed by atoms with E-state index in [1.54, 1.807) is 0 Å². The third-order valence-electron chi connectivity index (χ3n) is 1.03. The highest BCUT2D eigenvalue weighted by Crippen LogP contribution is 2.14. The van der Waals surface area contributed by atoms with Gasteiger partial charge < -0.3 is 5.11 Å². The quantitative estimate of drug-likeness (QED) is 0.558. The molecule has 0 saturated carbocycles. The number of nitrogens with zero attached hydrogens (tertiary/aromatic N) is 2. The fourth-order valence-electron chi connectivity index (χ4n) is 0.487. The molecule has 1 heterocycles. The number of halogens is 1. The summed E-state index contributed by atoms with van der Waals surface area (Å²) in [5.74, 6) is -0.754. The number of alkyl halides is 1. The molecule has 1 unspecified atom stereocenters. The zero-order valence-corrected chi connectivity index (χ0v) is 7.47. The van der Waals surface area contributed by atoms with Crippen LogP contribution < -0.4 is 0 Å². The fraction of sp³-hybridized carbons (Fsp3) is 0.400. The van der Waals surface area contributed by atoms with Crippen molar-refractivity contribution >= 4 is 29.3 Å². The molecule has 0 bridgehead atoms. The first kappa shape index (κ1) is 9.34. The summed E-state index contributed by atoms with van der Waals surface area (Å²) in [6.07, 6.45) is 1.35. The topological polar surface area (TPSA) is 78.9 Å². The number of aromatic nitrogens is 3. The van der Waals surface area contributed by atoms with Crippen LogP contribution in [0.3, 0.4) is 0 Å². The molecule has 2 N–H and O–H groups in total. The van der Waals surface area contributed by atoms with Gasteiger partial charge in [-0.1, -0.05) is 11.8 Å². The first-order valence-electron chi connectivity index (χ1n) is 3.05. The van der Waals surface area contributed by atoms with Crippen LogP contribution in [0.2, 0.25) is 0 Å². The number of carboxylic acids is 1. The Morgan fingerprint density at radius 2 is 2.67 bits per heavy atom. The maximum absolute atomic E-state index is 10.3. The fourth-order valence-corrected chi connectivity index (χ4v) is 1.36. The van der Waals surface area contributed by atoms with Crippen molar-refractivity contribution in [3.63, 3.8) is 0 Å². The molecule has 0 spiro atoms. The average molecular weight is 208 g/mol. The van der Waals surface area contributed by atoms with E-state index in [4.69, 9.17) is 16.7 Å². The minimum atomic E-state index is -1.02. The molecule has 1 aromatic rings. The molecule has 0 fully saturated rings. The van der Waals surface area contributed by atoms with Crippen molar-refractivity contribution in [1.29, 1.82) is 0 Å². The molecule has 5 nitrogen and oxygen atoms in total. The summed E-state index contributed by atoms with van der Waals surface area (Å²) in [5.41, 5.74) is 0. The number of thioether (sulfide) groups is 1. The second-order valence-corrected chi connectivity index (χ2v) is 3.44. The number of nitrogens with one attached hydrogen (secondary N) is 1. The van der Waals surface area contributed by atoms with Crippen LogP contribution in [0, 0.1) is 0 Å². The third-order valence-corrected chi connectivity index (χ3v) is 2.52. The molecular weight excluding hydrogens is 202 g/mol. The normalized spacial score (nSPS) is 12.8. The number of aromatic amines is 1. The Morgan fingerprint density at radius 1 is 1.92 bits per heavy atom. The van der Waals surface area contributed by atoms with E-state index in [1.807, 2.05) is 0 Å². The first-order valence-corrected chi connectivity index (χ1v) is 4.47. The zero-order chi connectivity index (χ0) is 8.97. The van der Waals surface area contributed by atoms with Gasteiger partial charge in [-0.05, 0) is 0 Å². The van der Waals surface area contributed by atoms with Crippen LogP contribution in [0.5, 0.6) is 0 Å². The van der Waals surface area contributed by atoms with E-state index in [-0.39, 0.29) is 5.75 Å². The molecule has 1 rings (SSSR count). The minimum absolute atomic E-state index is 0.270. The molecule has 0 radical (unpaired) electrons. The maximum Gasteiger partial charge on any atom is 0.322 e.